The number of nitrogens with zero attached hydrogens (tertiary/aromatic N) is 2. The van der Waals surface area contributed by atoms with Crippen molar-refractivity contribution in [3.8, 4) is 5.75 Å². The van der Waals surface area contributed by atoms with E-state index in [0.29, 0.717) is 12.0 Å². The number of hydrogen-bond acceptors (Lipinski definition) is 4. The number of rotatable bonds is 3. The summed E-state index contributed by atoms with van der Waals surface area (Å²) < 4.78 is 13.0. The van der Waals surface area contributed by atoms with E-state index in [0.717, 1.165) is 35.8 Å². The van der Waals surface area contributed by atoms with E-state index in [9.17, 15) is 0 Å². The van der Waals surface area contributed by atoms with Gasteiger partial charge in [-0.15, -0.1) is 0 Å². The van der Waals surface area contributed by atoms with Gasteiger partial charge in [0.15, 0.2) is 0 Å². The van der Waals surface area contributed by atoms with Crippen molar-refractivity contribution in [1.82, 2.24) is 14.9 Å². The second-order valence-corrected chi connectivity index (χ2v) is 4.92. The van der Waals surface area contributed by atoms with Gasteiger partial charge in [-0.1, -0.05) is 0 Å². The minimum atomic E-state index is 0.299. The van der Waals surface area contributed by atoms with Gasteiger partial charge in [0.2, 0.25) is 0 Å². The van der Waals surface area contributed by atoms with Gasteiger partial charge in [0.25, 0.3) is 0 Å². The fourth-order valence-corrected chi connectivity index (χ4v) is 2.75. The molecule has 102 valence electrons. The van der Waals surface area contributed by atoms with Gasteiger partial charge < -0.3 is 19.4 Å². The van der Waals surface area contributed by atoms with E-state index in [4.69, 9.17) is 14.5 Å². The van der Waals surface area contributed by atoms with Crippen LogP contribution < -0.4 is 10.1 Å². The minimum Gasteiger partial charge on any atom is -0.497 e. The number of likely N-dealkylation sites (N-methyl/N-ethyl adjacent to an activating group) is 1. The van der Waals surface area contributed by atoms with Crippen LogP contribution in [-0.4, -0.2) is 43.0 Å². The highest BCUT2D eigenvalue weighted by Crippen LogP contribution is 2.29. The maximum Gasteiger partial charge on any atom is 0.121 e. The Morgan fingerprint density at radius 3 is 3.00 bits per heavy atom. The first-order valence-electron chi connectivity index (χ1n) is 6.50. The van der Waals surface area contributed by atoms with Crippen LogP contribution in [0.5, 0.6) is 5.75 Å². The van der Waals surface area contributed by atoms with E-state index in [1.165, 1.54) is 0 Å². The topological polar surface area (TPSA) is 48.3 Å². The maximum atomic E-state index is 5.57. The summed E-state index contributed by atoms with van der Waals surface area (Å²) in [6.07, 6.45) is 0. The Balaban J connectivity index is 2.06. The summed E-state index contributed by atoms with van der Waals surface area (Å²) in [6.45, 7) is 1.47. The average molecular weight is 261 g/mol. The first kappa shape index (κ1) is 12.4. The van der Waals surface area contributed by atoms with Crippen LogP contribution in [0.4, 0.5) is 0 Å². The number of methoxy groups -OCH3 is 1. The van der Waals surface area contributed by atoms with Crippen LogP contribution in [0, 0.1) is 0 Å². The van der Waals surface area contributed by atoms with Crippen molar-refractivity contribution in [2.24, 2.45) is 7.05 Å². The van der Waals surface area contributed by atoms with Crippen molar-refractivity contribution >= 4 is 11.0 Å². The van der Waals surface area contributed by atoms with Gasteiger partial charge in [-0.25, -0.2) is 4.98 Å². The van der Waals surface area contributed by atoms with Crippen LogP contribution in [0.15, 0.2) is 18.2 Å². The molecule has 0 radical (unpaired) electrons. The third-order valence-electron chi connectivity index (χ3n) is 3.91. The zero-order chi connectivity index (χ0) is 13.4. The van der Waals surface area contributed by atoms with Gasteiger partial charge in [-0.3, -0.25) is 0 Å². The molecule has 1 saturated heterocycles. The molecule has 0 amide bonds. The summed E-state index contributed by atoms with van der Waals surface area (Å²) in [5.74, 6) is 2.21. The highest BCUT2D eigenvalue weighted by atomic mass is 16.5. The highest BCUT2D eigenvalue weighted by Gasteiger charge is 2.32. The fourth-order valence-electron chi connectivity index (χ4n) is 2.75. The lowest BCUT2D eigenvalue weighted by atomic mass is 10.0. The van der Waals surface area contributed by atoms with Gasteiger partial charge in [0, 0.05) is 19.2 Å². The summed E-state index contributed by atoms with van der Waals surface area (Å²) in [5, 5.41) is 3.30. The summed E-state index contributed by atoms with van der Waals surface area (Å²) in [5.41, 5.74) is 2.09. The molecule has 1 N–H and O–H groups in total. The smallest absolute Gasteiger partial charge is 0.121 e. The Morgan fingerprint density at radius 1 is 1.42 bits per heavy atom. The van der Waals surface area contributed by atoms with Crippen LogP contribution in [0.1, 0.15) is 11.7 Å². The van der Waals surface area contributed by atoms with Crippen molar-refractivity contribution in [2.75, 3.05) is 27.4 Å². The average Bonchev–Trinajstić information content (AvgIpc) is 3.02. The van der Waals surface area contributed by atoms with Crippen molar-refractivity contribution in [1.29, 1.82) is 0 Å². The predicted molar refractivity (Wildman–Crippen MR) is 73.7 cm³/mol. The summed E-state index contributed by atoms with van der Waals surface area (Å²) in [6, 6.07) is 6.32. The lowest BCUT2D eigenvalue weighted by Crippen LogP contribution is -2.32. The molecule has 0 bridgehead atoms. The van der Waals surface area contributed by atoms with Crippen LogP contribution in [0.25, 0.3) is 11.0 Å². The first-order chi connectivity index (χ1) is 9.24. The van der Waals surface area contributed by atoms with E-state index < -0.39 is 0 Å². The van der Waals surface area contributed by atoms with Crippen LogP contribution in [-0.2, 0) is 11.8 Å². The third kappa shape index (κ3) is 1.99. The molecular weight excluding hydrogens is 242 g/mol. The SMILES string of the molecule is CNC1COCC1c1nc2cc(OC)ccc2n1C. The van der Waals surface area contributed by atoms with Crippen molar-refractivity contribution < 1.29 is 9.47 Å². The molecule has 1 aromatic heterocycles. The molecule has 2 unspecified atom stereocenters. The van der Waals surface area contributed by atoms with Crippen LogP contribution in [0.2, 0.25) is 0 Å². The largest absolute Gasteiger partial charge is 0.497 e. The fraction of sp³-hybridized carbons (Fsp3) is 0.500. The molecule has 1 fully saturated rings. The Kier molecular flexibility index (Phi) is 3.16. The normalized spacial score (nSPS) is 23.1. The van der Waals surface area contributed by atoms with E-state index in [-0.39, 0.29) is 0 Å². The number of aryl methyl sites for hydroxylation is 1. The van der Waals surface area contributed by atoms with Crippen molar-refractivity contribution in [3.63, 3.8) is 0 Å². The second-order valence-electron chi connectivity index (χ2n) is 4.92. The van der Waals surface area contributed by atoms with Crippen LogP contribution >= 0.6 is 0 Å². The number of aromatic nitrogens is 2. The number of benzene rings is 1. The Hall–Kier alpha value is -1.59. The molecular formula is C14H19N3O2. The summed E-state index contributed by atoms with van der Waals surface area (Å²) in [4.78, 5) is 4.76. The highest BCUT2D eigenvalue weighted by molar-refractivity contribution is 5.77. The van der Waals surface area contributed by atoms with Crippen molar-refractivity contribution in [2.45, 2.75) is 12.0 Å². The quantitative estimate of drug-likeness (QED) is 0.904. The Morgan fingerprint density at radius 2 is 2.26 bits per heavy atom. The molecule has 5 nitrogen and oxygen atoms in total. The minimum absolute atomic E-state index is 0.299. The summed E-state index contributed by atoms with van der Waals surface area (Å²) >= 11 is 0. The molecule has 19 heavy (non-hydrogen) atoms. The van der Waals surface area contributed by atoms with E-state index in [1.54, 1.807) is 7.11 Å². The van der Waals surface area contributed by atoms with E-state index >= 15 is 0 Å². The van der Waals surface area contributed by atoms with Crippen molar-refractivity contribution in [3.05, 3.63) is 24.0 Å². The predicted octanol–water partition coefficient (Wildman–Crippen LogP) is 1.28. The Bertz CT molecular complexity index is 594. The molecule has 0 saturated carbocycles. The molecule has 2 aromatic rings. The number of imidazole rings is 1. The molecule has 1 aromatic carbocycles. The van der Waals surface area contributed by atoms with E-state index in [1.807, 2.05) is 19.2 Å². The number of hydrogen-bond donors (Lipinski definition) is 1. The third-order valence-corrected chi connectivity index (χ3v) is 3.91. The maximum absolute atomic E-state index is 5.57. The number of nitrogens with one attached hydrogen (secondary N) is 1. The molecule has 2 heterocycles. The monoisotopic (exact) mass is 261 g/mol. The lowest BCUT2D eigenvalue weighted by Gasteiger charge is -2.16. The lowest BCUT2D eigenvalue weighted by molar-refractivity contribution is 0.188. The second kappa shape index (κ2) is 4.83. The molecule has 1 aliphatic rings. The zero-order valence-electron chi connectivity index (χ0n) is 11.5. The number of ether oxygens (including phenoxy) is 2. The van der Waals surface area contributed by atoms with Gasteiger partial charge in [-0.05, 0) is 19.2 Å². The molecule has 3 rings (SSSR count). The molecule has 2 atom stereocenters. The zero-order valence-corrected chi connectivity index (χ0v) is 11.5. The van der Waals surface area contributed by atoms with Crippen LogP contribution in [0.3, 0.4) is 0 Å². The summed E-state index contributed by atoms with van der Waals surface area (Å²) in [7, 11) is 5.70. The van der Waals surface area contributed by atoms with E-state index in [2.05, 4.69) is 23.0 Å². The standard InChI is InChI=1S/C14H19N3O2/c1-15-12-8-19-7-10(12)14-16-11-6-9(18-3)4-5-13(11)17(14)2/h4-6,10,12,15H,7-8H2,1-3H3. The number of fused-ring (bicyclic) bond motifs is 1. The molecule has 1 aliphatic heterocycles. The van der Waals surface area contributed by atoms with Gasteiger partial charge in [-0.2, -0.15) is 0 Å². The molecule has 5 heteroatoms. The molecule has 0 aliphatic carbocycles. The molecule has 0 spiro atoms. The Labute approximate surface area is 112 Å². The van der Waals surface area contributed by atoms with Gasteiger partial charge in [0.05, 0.1) is 37.3 Å². The van der Waals surface area contributed by atoms with Gasteiger partial charge >= 0.3 is 0 Å². The van der Waals surface area contributed by atoms with Gasteiger partial charge in [0.1, 0.15) is 11.6 Å². The first-order valence-corrected chi connectivity index (χ1v) is 6.50.